The van der Waals surface area contributed by atoms with Crippen molar-refractivity contribution in [1.82, 2.24) is 20.1 Å². The summed E-state index contributed by atoms with van der Waals surface area (Å²) in [6.45, 7) is 6.47. The highest BCUT2D eigenvalue weighted by atomic mass is 32.1. The minimum atomic E-state index is -0.0622. The maximum atomic E-state index is 12.4. The number of rotatable bonds is 4. The van der Waals surface area contributed by atoms with E-state index in [4.69, 9.17) is 0 Å². The molecule has 1 N–H and O–H groups in total. The summed E-state index contributed by atoms with van der Waals surface area (Å²) >= 11 is 1.73. The predicted molar refractivity (Wildman–Crippen MR) is 94.1 cm³/mol. The Morgan fingerprint density at radius 1 is 1.21 bits per heavy atom. The average Bonchev–Trinajstić information content (AvgIpc) is 3.17. The van der Waals surface area contributed by atoms with Gasteiger partial charge in [-0.15, -0.1) is 11.3 Å². The van der Waals surface area contributed by atoms with Gasteiger partial charge in [-0.25, -0.2) is 9.78 Å². The summed E-state index contributed by atoms with van der Waals surface area (Å²) in [7, 11) is 0. The fourth-order valence-electron chi connectivity index (χ4n) is 3.26. The first-order valence-electron chi connectivity index (χ1n) is 8.90. The monoisotopic (exact) mass is 350 g/mol. The first kappa shape index (κ1) is 17.2. The lowest BCUT2D eigenvalue weighted by molar-refractivity contribution is -0.132. The number of aryl methyl sites for hydroxylation is 2. The minimum absolute atomic E-state index is 0.0551. The smallest absolute Gasteiger partial charge is 0.318 e. The number of carbonyl (C=O) groups excluding carboxylic acids is 2. The van der Waals surface area contributed by atoms with Gasteiger partial charge in [0.25, 0.3) is 0 Å². The van der Waals surface area contributed by atoms with E-state index in [1.54, 1.807) is 16.2 Å². The van der Waals surface area contributed by atoms with Crippen LogP contribution in [0.4, 0.5) is 4.79 Å². The Balaban J connectivity index is 1.49. The Morgan fingerprint density at radius 3 is 2.58 bits per heavy atom. The van der Waals surface area contributed by atoms with Crippen LogP contribution in [0.3, 0.4) is 0 Å². The zero-order valence-electron chi connectivity index (χ0n) is 14.5. The van der Waals surface area contributed by atoms with E-state index in [2.05, 4.69) is 10.3 Å². The molecule has 1 atom stereocenters. The van der Waals surface area contributed by atoms with Gasteiger partial charge in [-0.3, -0.25) is 4.79 Å². The summed E-state index contributed by atoms with van der Waals surface area (Å²) in [5.74, 6) is 0.197. The molecule has 3 rings (SSSR count). The van der Waals surface area contributed by atoms with Gasteiger partial charge in [0.05, 0.1) is 11.7 Å². The molecule has 1 aromatic heterocycles. The standard InChI is InChI=1S/C17H26N4O2S/c1-3-5-15(22)20-8-10-21(11-9-20)17(23)18-12(2)16-19-13-6-4-7-14(13)24-16/h12H,3-11H2,1-2H3,(H,18,23). The molecule has 0 spiro atoms. The third-order valence-corrected chi connectivity index (χ3v) is 6.05. The lowest BCUT2D eigenvalue weighted by Crippen LogP contribution is -2.53. The van der Waals surface area contributed by atoms with Crippen LogP contribution in [0.2, 0.25) is 0 Å². The normalized spacial score (nSPS) is 18.4. The molecule has 1 aliphatic heterocycles. The van der Waals surface area contributed by atoms with Gasteiger partial charge in [-0.05, 0) is 32.6 Å². The first-order valence-corrected chi connectivity index (χ1v) is 9.71. The van der Waals surface area contributed by atoms with Gasteiger partial charge in [0.2, 0.25) is 5.91 Å². The van der Waals surface area contributed by atoms with Crippen LogP contribution in [0, 0.1) is 0 Å². The van der Waals surface area contributed by atoms with E-state index in [0.717, 1.165) is 24.3 Å². The molecule has 1 aromatic rings. The number of nitrogens with one attached hydrogen (secondary N) is 1. The molecule has 1 aliphatic carbocycles. The highest BCUT2D eigenvalue weighted by molar-refractivity contribution is 7.11. The fourth-order valence-corrected chi connectivity index (χ4v) is 4.42. The fraction of sp³-hybridized carbons (Fsp3) is 0.706. The highest BCUT2D eigenvalue weighted by Crippen LogP contribution is 2.30. The second-order valence-electron chi connectivity index (χ2n) is 6.56. The van der Waals surface area contributed by atoms with Crippen molar-refractivity contribution in [3.05, 3.63) is 15.6 Å². The molecule has 0 bridgehead atoms. The Labute approximate surface area is 147 Å². The number of nitrogens with zero attached hydrogens (tertiary/aromatic N) is 3. The molecular weight excluding hydrogens is 324 g/mol. The van der Waals surface area contributed by atoms with Crippen molar-refractivity contribution in [2.24, 2.45) is 0 Å². The number of aromatic nitrogens is 1. The molecule has 1 unspecified atom stereocenters. The van der Waals surface area contributed by atoms with Crippen molar-refractivity contribution in [3.63, 3.8) is 0 Å². The molecular formula is C17H26N4O2S. The van der Waals surface area contributed by atoms with Crippen molar-refractivity contribution in [2.45, 2.75) is 52.0 Å². The van der Waals surface area contributed by atoms with Crippen molar-refractivity contribution in [1.29, 1.82) is 0 Å². The molecule has 7 heteroatoms. The zero-order valence-corrected chi connectivity index (χ0v) is 15.3. The Hall–Kier alpha value is -1.63. The maximum absolute atomic E-state index is 12.4. The van der Waals surface area contributed by atoms with Gasteiger partial charge < -0.3 is 15.1 Å². The summed E-state index contributed by atoms with van der Waals surface area (Å²) < 4.78 is 0. The van der Waals surface area contributed by atoms with Crippen molar-refractivity contribution in [2.75, 3.05) is 26.2 Å². The molecule has 2 heterocycles. The molecule has 2 aliphatic rings. The Morgan fingerprint density at radius 2 is 1.92 bits per heavy atom. The third kappa shape index (κ3) is 3.71. The SMILES string of the molecule is CCCC(=O)N1CCN(C(=O)NC(C)c2nc3c(s2)CCC3)CC1. The Bertz CT molecular complexity index is 586. The largest absolute Gasteiger partial charge is 0.339 e. The zero-order chi connectivity index (χ0) is 17.1. The van der Waals surface area contributed by atoms with Crippen LogP contribution < -0.4 is 5.32 Å². The summed E-state index contributed by atoms with van der Waals surface area (Å²) in [6.07, 6.45) is 4.87. The lowest BCUT2D eigenvalue weighted by atomic mass is 10.2. The van der Waals surface area contributed by atoms with Crippen molar-refractivity contribution in [3.8, 4) is 0 Å². The van der Waals surface area contributed by atoms with E-state index in [1.807, 2.05) is 18.7 Å². The molecule has 24 heavy (non-hydrogen) atoms. The van der Waals surface area contributed by atoms with Crippen molar-refractivity contribution >= 4 is 23.3 Å². The summed E-state index contributed by atoms with van der Waals surface area (Å²) in [5.41, 5.74) is 1.22. The van der Waals surface area contributed by atoms with E-state index >= 15 is 0 Å². The topological polar surface area (TPSA) is 65.5 Å². The number of hydrogen-bond donors (Lipinski definition) is 1. The van der Waals surface area contributed by atoms with E-state index in [0.29, 0.717) is 32.6 Å². The predicted octanol–water partition coefficient (Wildman–Crippen LogP) is 2.35. The molecule has 0 aromatic carbocycles. The molecule has 3 amide bonds. The number of hydrogen-bond acceptors (Lipinski definition) is 4. The van der Waals surface area contributed by atoms with Crippen LogP contribution in [0.15, 0.2) is 0 Å². The van der Waals surface area contributed by atoms with Crippen LogP contribution >= 0.6 is 11.3 Å². The van der Waals surface area contributed by atoms with E-state index < -0.39 is 0 Å². The second-order valence-corrected chi connectivity index (χ2v) is 7.68. The summed E-state index contributed by atoms with van der Waals surface area (Å²) in [6, 6.07) is -0.117. The van der Waals surface area contributed by atoms with Gasteiger partial charge in [0.1, 0.15) is 5.01 Å². The molecule has 0 saturated carbocycles. The molecule has 6 nitrogen and oxygen atoms in total. The van der Waals surface area contributed by atoms with Crippen LogP contribution in [0.1, 0.15) is 54.7 Å². The quantitative estimate of drug-likeness (QED) is 0.906. The number of amides is 3. The van der Waals surface area contributed by atoms with Crippen molar-refractivity contribution < 1.29 is 9.59 Å². The number of carbonyl (C=O) groups is 2. The Kier molecular flexibility index (Phi) is 5.38. The first-order chi connectivity index (χ1) is 11.6. The van der Waals surface area contributed by atoms with E-state index in [-0.39, 0.29) is 18.0 Å². The number of piperazine rings is 1. The third-order valence-electron chi connectivity index (χ3n) is 4.71. The van der Waals surface area contributed by atoms with Crippen LogP contribution in [0.25, 0.3) is 0 Å². The van der Waals surface area contributed by atoms with Crippen LogP contribution in [0.5, 0.6) is 0 Å². The second kappa shape index (κ2) is 7.51. The highest BCUT2D eigenvalue weighted by Gasteiger charge is 2.26. The lowest BCUT2D eigenvalue weighted by Gasteiger charge is -2.35. The van der Waals surface area contributed by atoms with Crippen LogP contribution in [-0.4, -0.2) is 52.9 Å². The van der Waals surface area contributed by atoms with E-state index in [9.17, 15) is 9.59 Å². The minimum Gasteiger partial charge on any atom is -0.339 e. The summed E-state index contributed by atoms with van der Waals surface area (Å²) in [5, 5.41) is 4.06. The summed E-state index contributed by atoms with van der Waals surface area (Å²) in [4.78, 5) is 34.1. The van der Waals surface area contributed by atoms with Gasteiger partial charge in [-0.1, -0.05) is 6.92 Å². The molecule has 0 radical (unpaired) electrons. The maximum Gasteiger partial charge on any atom is 0.318 e. The van der Waals surface area contributed by atoms with Gasteiger partial charge in [0.15, 0.2) is 0 Å². The van der Waals surface area contributed by atoms with Crippen LogP contribution in [-0.2, 0) is 17.6 Å². The number of thiazole rings is 1. The molecule has 1 saturated heterocycles. The average molecular weight is 350 g/mol. The molecule has 132 valence electrons. The van der Waals surface area contributed by atoms with Gasteiger partial charge in [0, 0.05) is 37.5 Å². The number of urea groups is 1. The van der Waals surface area contributed by atoms with E-state index in [1.165, 1.54) is 17.0 Å². The van der Waals surface area contributed by atoms with Gasteiger partial charge in [-0.2, -0.15) is 0 Å². The van der Waals surface area contributed by atoms with Gasteiger partial charge >= 0.3 is 6.03 Å². The molecule has 1 fully saturated rings. The number of fused-ring (bicyclic) bond motifs is 1.